The van der Waals surface area contributed by atoms with Gasteiger partial charge in [0.05, 0.1) is 6.20 Å². The Kier molecular flexibility index (Phi) is 3.60. The van der Waals surface area contributed by atoms with E-state index in [0.717, 1.165) is 12.3 Å². The minimum absolute atomic E-state index is 0.0717. The summed E-state index contributed by atoms with van der Waals surface area (Å²) < 4.78 is 0. The summed E-state index contributed by atoms with van der Waals surface area (Å²) in [5.41, 5.74) is 0.772. The highest BCUT2D eigenvalue weighted by molar-refractivity contribution is 5.92. The molecule has 1 atom stereocenters. The number of hydrogen-bond donors (Lipinski definition) is 1. The molecule has 22 heavy (non-hydrogen) atoms. The van der Waals surface area contributed by atoms with Crippen LogP contribution in [0.3, 0.4) is 0 Å². The summed E-state index contributed by atoms with van der Waals surface area (Å²) >= 11 is 0. The quantitative estimate of drug-likeness (QED) is 0.922. The van der Waals surface area contributed by atoms with Gasteiger partial charge >= 0.3 is 0 Å². The molecule has 2 aliphatic carbocycles. The first-order valence-corrected chi connectivity index (χ1v) is 8.54. The third-order valence-corrected chi connectivity index (χ3v) is 5.84. The van der Waals surface area contributed by atoms with Gasteiger partial charge in [-0.15, -0.1) is 0 Å². The maximum atomic E-state index is 12.3. The molecule has 5 nitrogen and oxygen atoms in total. The molecule has 1 spiro atoms. The number of likely N-dealkylation sites (tertiary alicyclic amines) is 1. The summed E-state index contributed by atoms with van der Waals surface area (Å²) in [4.78, 5) is 23.0. The first-order chi connectivity index (χ1) is 10.8. The Morgan fingerprint density at radius 1 is 1.23 bits per heavy atom. The Balaban J connectivity index is 1.33. The lowest BCUT2D eigenvalue weighted by molar-refractivity contribution is -0.00613. The smallest absolute Gasteiger partial charge is 0.271 e. The fourth-order valence-electron chi connectivity index (χ4n) is 4.02. The summed E-state index contributed by atoms with van der Waals surface area (Å²) in [6.45, 7) is 3.70. The Morgan fingerprint density at radius 2 is 2.05 bits per heavy atom. The third kappa shape index (κ3) is 2.74. The zero-order valence-corrected chi connectivity index (χ0v) is 13.0. The summed E-state index contributed by atoms with van der Waals surface area (Å²) in [6, 6.07) is 0.324. The van der Waals surface area contributed by atoms with Crippen LogP contribution >= 0.6 is 0 Å². The topological polar surface area (TPSA) is 58.1 Å². The molecule has 0 aromatic carbocycles. The number of carbonyl (C=O) groups excluding carboxylic acids is 1. The SMILES string of the molecule is O=C(N[C@@H]1CCC12CCN(CC1CC1)CC2)c1cnccn1. The van der Waals surface area contributed by atoms with Crippen molar-refractivity contribution >= 4 is 5.91 Å². The van der Waals surface area contributed by atoms with Gasteiger partial charge in [-0.05, 0) is 62.9 Å². The summed E-state index contributed by atoms with van der Waals surface area (Å²) in [5, 5.41) is 3.20. The predicted molar refractivity (Wildman–Crippen MR) is 83.4 cm³/mol. The number of carbonyl (C=O) groups is 1. The van der Waals surface area contributed by atoms with Gasteiger partial charge in [0.1, 0.15) is 5.69 Å². The Labute approximate surface area is 131 Å². The van der Waals surface area contributed by atoms with E-state index in [1.54, 1.807) is 18.6 Å². The van der Waals surface area contributed by atoms with E-state index in [-0.39, 0.29) is 5.91 Å². The van der Waals surface area contributed by atoms with Crippen LogP contribution in [0.15, 0.2) is 18.6 Å². The highest BCUT2D eigenvalue weighted by Crippen LogP contribution is 2.49. The van der Waals surface area contributed by atoms with E-state index in [0.29, 0.717) is 17.2 Å². The Morgan fingerprint density at radius 3 is 2.64 bits per heavy atom. The highest BCUT2D eigenvalue weighted by atomic mass is 16.2. The van der Waals surface area contributed by atoms with Crippen LogP contribution in [0.4, 0.5) is 0 Å². The molecule has 1 amide bonds. The minimum atomic E-state index is -0.0717. The number of nitrogens with zero attached hydrogens (tertiary/aromatic N) is 3. The van der Waals surface area contributed by atoms with E-state index in [1.807, 2.05) is 0 Å². The van der Waals surface area contributed by atoms with Gasteiger partial charge in [-0.3, -0.25) is 9.78 Å². The molecule has 118 valence electrons. The lowest BCUT2D eigenvalue weighted by Crippen LogP contribution is -2.59. The van der Waals surface area contributed by atoms with Crippen molar-refractivity contribution in [3.8, 4) is 0 Å². The third-order valence-electron chi connectivity index (χ3n) is 5.84. The van der Waals surface area contributed by atoms with E-state index in [9.17, 15) is 4.79 Å². The largest absolute Gasteiger partial charge is 0.347 e. The molecule has 1 aliphatic heterocycles. The van der Waals surface area contributed by atoms with Crippen molar-refractivity contribution in [3.63, 3.8) is 0 Å². The molecule has 1 aromatic rings. The fraction of sp³-hybridized carbons (Fsp3) is 0.706. The van der Waals surface area contributed by atoms with Gasteiger partial charge in [0, 0.05) is 25.0 Å². The first-order valence-electron chi connectivity index (χ1n) is 8.54. The summed E-state index contributed by atoms with van der Waals surface area (Å²) in [5.74, 6) is 0.903. The molecule has 3 aliphatic rings. The lowest BCUT2D eigenvalue weighted by Gasteiger charge is -2.54. The second kappa shape index (κ2) is 5.61. The highest BCUT2D eigenvalue weighted by Gasteiger charge is 2.49. The number of rotatable bonds is 4. The van der Waals surface area contributed by atoms with Crippen LogP contribution < -0.4 is 5.32 Å². The predicted octanol–water partition coefficient (Wildman–Crippen LogP) is 1.86. The van der Waals surface area contributed by atoms with E-state index in [2.05, 4.69) is 20.2 Å². The van der Waals surface area contributed by atoms with Crippen molar-refractivity contribution in [3.05, 3.63) is 24.3 Å². The lowest BCUT2D eigenvalue weighted by atomic mass is 9.59. The standard InChI is InChI=1S/C17H24N4O/c22-16(14-11-18-7-8-19-14)20-15-3-4-17(15)5-9-21(10-6-17)12-13-1-2-13/h7-8,11,13,15H,1-6,9-10,12H2,(H,20,22)/t15-/m1/s1. The van der Waals surface area contributed by atoms with Crippen LogP contribution in [0, 0.1) is 11.3 Å². The number of hydrogen-bond acceptors (Lipinski definition) is 4. The Hall–Kier alpha value is -1.49. The molecule has 2 heterocycles. The normalized spacial score (nSPS) is 27.4. The van der Waals surface area contributed by atoms with E-state index >= 15 is 0 Å². The molecular formula is C17H24N4O. The molecule has 0 unspecified atom stereocenters. The van der Waals surface area contributed by atoms with Crippen molar-refractivity contribution in [1.82, 2.24) is 20.2 Å². The van der Waals surface area contributed by atoms with Gasteiger partial charge in [-0.1, -0.05) is 0 Å². The minimum Gasteiger partial charge on any atom is -0.347 e. The molecule has 2 saturated carbocycles. The molecule has 3 fully saturated rings. The van der Waals surface area contributed by atoms with Crippen LogP contribution in [0.1, 0.15) is 49.0 Å². The fourth-order valence-corrected chi connectivity index (χ4v) is 4.02. The van der Waals surface area contributed by atoms with Crippen molar-refractivity contribution in [2.24, 2.45) is 11.3 Å². The molecule has 0 radical (unpaired) electrons. The molecule has 1 saturated heterocycles. The molecule has 0 bridgehead atoms. The summed E-state index contributed by atoms with van der Waals surface area (Å²) in [7, 11) is 0. The van der Waals surface area contributed by atoms with Gasteiger partial charge in [0.25, 0.3) is 5.91 Å². The van der Waals surface area contributed by atoms with Gasteiger partial charge in [-0.2, -0.15) is 0 Å². The molecule has 4 rings (SSSR count). The molecule has 5 heteroatoms. The maximum absolute atomic E-state index is 12.3. The van der Waals surface area contributed by atoms with Crippen LogP contribution in [-0.2, 0) is 0 Å². The van der Waals surface area contributed by atoms with E-state index in [4.69, 9.17) is 0 Å². The van der Waals surface area contributed by atoms with Gasteiger partial charge in [0.2, 0.25) is 0 Å². The van der Waals surface area contributed by atoms with Crippen molar-refractivity contribution in [2.75, 3.05) is 19.6 Å². The molecule has 1 aromatic heterocycles. The van der Waals surface area contributed by atoms with Crippen molar-refractivity contribution in [1.29, 1.82) is 0 Å². The second-order valence-electron chi connectivity index (χ2n) is 7.26. The van der Waals surface area contributed by atoms with Gasteiger partial charge < -0.3 is 10.2 Å². The molecular weight excluding hydrogens is 276 g/mol. The second-order valence-corrected chi connectivity index (χ2v) is 7.26. The average molecular weight is 300 g/mol. The van der Waals surface area contributed by atoms with Crippen molar-refractivity contribution in [2.45, 2.75) is 44.6 Å². The molecule has 1 N–H and O–H groups in total. The van der Waals surface area contributed by atoms with Crippen LogP contribution in [-0.4, -0.2) is 46.5 Å². The summed E-state index contributed by atoms with van der Waals surface area (Å²) in [6.07, 6.45) is 12.4. The van der Waals surface area contributed by atoms with E-state index < -0.39 is 0 Å². The first kappa shape index (κ1) is 14.1. The van der Waals surface area contributed by atoms with Gasteiger partial charge in [-0.25, -0.2) is 4.98 Å². The number of amides is 1. The number of aromatic nitrogens is 2. The zero-order chi connectivity index (χ0) is 15.0. The van der Waals surface area contributed by atoms with E-state index in [1.165, 1.54) is 51.7 Å². The van der Waals surface area contributed by atoms with Crippen LogP contribution in [0.25, 0.3) is 0 Å². The van der Waals surface area contributed by atoms with Crippen LogP contribution in [0.2, 0.25) is 0 Å². The average Bonchev–Trinajstić information content (AvgIpc) is 3.37. The Bertz CT molecular complexity index is 535. The number of nitrogens with one attached hydrogen (secondary N) is 1. The maximum Gasteiger partial charge on any atom is 0.271 e. The van der Waals surface area contributed by atoms with Gasteiger partial charge in [0.15, 0.2) is 0 Å². The van der Waals surface area contributed by atoms with Crippen molar-refractivity contribution < 1.29 is 4.79 Å². The van der Waals surface area contributed by atoms with Crippen LogP contribution in [0.5, 0.6) is 0 Å². The monoisotopic (exact) mass is 300 g/mol. The number of piperidine rings is 1. The zero-order valence-electron chi connectivity index (χ0n) is 13.0.